The largest absolute Gasteiger partial charge is 0.357 e. The number of nitrogens with zero attached hydrogens (tertiary/aromatic N) is 3. The lowest BCUT2D eigenvalue weighted by Crippen LogP contribution is -2.38. The molecule has 3 heteroatoms. The predicted octanol–water partition coefficient (Wildman–Crippen LogP) is 4.40. The highest BCUT2D eigenvalue weighted by Gasteiger charge is 2.26. The van der Waals surface area contributed by atoms with E-state index in [0.717, 1.165) is 0 Å². The van der Waals surface area contributed by atoms with Crippen molar-refractivity contribution in [2.45, 2.75) is 70.9 Å². The highest BCUT2D eigenvalue weighted by atomic mass is 15.2. The van der Waals surface area contributed by atoms with Gasteiger partial charge in [0.2, 0.25) is 0 Å². The fraction of sp³-hybridized carbons (Fsp3) is 0.737. The summed E-state index contributed by atoms with van der Waals surface area (Å²) in [4.78, 5) is 9.93. The molecule has 122 valence electrons. The zero-order chi connectivity index (χ0) is 15.4. The van der Waals surface area contributed by atoms with E-state index >= 15 is 0 Å². The van der Waals surface area contributed by atoms with E-state index < -0.39 is 0 Å². The predicted molar refractivity (Wildman–Crippen MR) is 93.4 cm³/mol. The molecule has 3 heterocycles. The van der Waals surface area contributed by atoms with Crippen molar-refractivity contribution < 1.29 is 0 Å². The Kier molecular flexibility index (Phi) is 5.35. The molecule has 2 saturated heterocycles. The lowest BCUT2D eigenvalue weighted by molar-refractivity contribution is 0.112. The van der Waals surface area contributed by atoms with Gasteiger partial charge in [-0.05, 0) is 57.7 Å². The van der Waals surface area contributed by atoms with Gasteiger partial charge in [0.15, 0.2) is 0 Å². The van der Waals surface area contributed by atoms with Crippen LogP contribution >= 0.6 is 0 Å². The first-order chi connectivity index (χ1) is 10.8. The summed E-state index contributed by atoms with van der Waals surface area (Å²) in [5.41, 5.74) is 1.41. The van der Waals surface area contributed by atoms with Crippen LogP contribution in [0.3, 0.4) is 0 Å². The Bertz CT molecular complexity index is 446. The van der Waals surface area contributed by atoms with Crippen molar-refractivity contribution in [1.29, 1.82) is 0 Å². The van der Waals surface area contributed by atoms with Crippen LogP contribution in [-0.2, 0) is 0 Å². The third kappa shape index (κ3) is 3.62. The molecule has 1 aromatic rings. The number of likely N-dealkylation sites (tertiary alicyclic amines) is 1. The number of pyridine rings is 1. The van der Waals surface area contributed by atoms with Crippen LogP contribution in [0.5, 0.6) is 0 Å². The van der Waals surface area contributed by atoms with E-state index in [9.17, 15) is 0 Å². The second kappa shape index (κ2) is 7.45. The average molecular weight is 301 g/mol. The zero-order valence-electron chi connectivity index (χ0n) is 14.3. The summed E-state index contributed by atoms with van der Waals surface area (Å²) in [6, 6.07) is 5.78. The number of piperidine rings is 1. The van der Waals surface area contributed by atoms with Crippen LogP contribution in [0.15, 0.2) is 18.3 Å². The second-order valence-electron chi connectivity index (χ2n) is 7.19. The van der Waals surface area contributed by atoms with Crippen molar-refractivity contribution in [3.63, 3.8) is 0 Å². The molecule has 1 aromatic heterocycles. The second-order valence-corrected chi connectivity index (χ2v) is 7.19. The minimum atomic E-state index is 0.569. The van der Waals surface area contributed by atoms with Gasteiger partial charge in [-0.3, -0.25) is 4.90 Å². The molecule has 1 atom stereocenters. The highest BCUT2D eigenvalue weighted by Crippen LogP contribution is 2.32. The van der Waals surface area contributed by atoms with Crippen LogP contribution < -0.4 is 4.90 Å². The van der Waals surface area contributed by atoms with Crippen molar-refractivity contribution in [3.05, 3.63) is 23.9 Å². The molecule has 0 aromatic carbocycles. The Balaban J connectivity index is 1.72. The lowest BCUT2D eigenvalue weighted by atomic mass is 9.95. The van der Waals surface area contributed by atoms with E-state index in [1.54, 1.807) is 0 Å². The van der Waals surface area contributed by atoms with E-state index in [2.05, 4.69) is 42.0 Å². The van der Waals surface area contributed by atoms with Gasteiger partial charge >= 0.3 is 0 Å². The molecule has 0 saturated carbocycles. The molecule has 0 N–H and O–H groups in total. The van der Waals surface area contributed by atoms with Crippen LogP contribution in [0.1, 0.15) is 70.4 Å². The van der Waals surface area contributed by atoms with Gasteiger partial charge in [0, 0.05) is 31.4 Å². The van der Waals surface area contributed by atoms with Crippen molar-refractivity contribution >= 4 is 5.82 Å². The standard InChI is InChI=1S/C19H31N3/c1-16(2)22-14-8-5-9-18(22)17-10-11-19(20-15-17)21-12-6-3-4-7-13-21/h10-11,15-16,18H,3-9,12-14H2,1-2H3/t18-/m1/s1. The number of hydrogen-bond donors (Lipinski definition) is 0. The minimum Gasteiger partial charge on any atom is -0.357 e. The van der Waals surface area contributed by atoms with Gasteiger partial charge in [-0.1, -0.05) is 25.3 Å². The van der Waals surface area contributed by atoms with Gasteiger partial charge in [0.05, 0.1) is 0 Å². The maximum Gasteiger partial charge on any atom is 0.128 e. The molecule has 2 aliphatic rings. The smallest absolute Gasteiger partial charge is 0.128 e. The van der Waals surface area contributed by atoms with Gasteiger partial charge in [-0.2, -0.15) is 0 Å². The SMILES string of the molecule is CC(C)N1CCCC[C@@H]1c1ccc(N2CCCCCC2)nc1. The molecular weight excluding hydrogens is 270 g/mol. The summed E-state index contributed by atoms with van der Waals surface area (Å²) >= 11 is 0. The third-order valence-electron chi connectivity index (χ3n) is 5.29. The fourth-order valence-corrected chi connectivity index (χ4v) is 4.01. The van der Waals surface area contributed by atoms with E-state index in [-0.39, 0.29) is 0 Å². The molecule has 2 fully saturated rings. The maximum absolute atomic E-state index is 4.81. The van der Waals surface area contributed by atoms with E-state index in [1.165, 1.54) is 76.0 Å². The Morgan fingerprint density at radius 1 is 0.955 bits per heavy atom. The van der Waals surface area contributed by atoms with Crippen molar-refractivity contribution in [1.82, 2.24) is 9.88 Å². The Morgan fingerprint density at radius 3 is 2.32 bits per heavy atom. The van der Waals surface area contributed by atoms with Crippen molar-refractivity contribution in [3.8, 4) is 0 Å². The average Bonchev–Trinajstić information content (AvgIpc) is 2.84. The molecule has 0 amide bonds. The molecular formula is C19H31N3. The minimum absolute atomic E-state index is 0.569. The van der Waals surface area contributed by atoms with E-state index in [0.29, 0.717) is 12.1 Å². The Morgan fingerprint density at radius 2 is 1.68 bits per heavy atom. The van der Waals surface area contributed by atoms with Gasteiger partial charge < -0.3 is 4.90 Å². The van der Waals surface area contributed by atoms with Crippen LogP contribution in [0, 0.1) is 0 Å². The van der Waals surface area contributed by atoms with Crippen LogP contribution in [0.4, 0.5) is 5.82 Å². The number of hydrogen-bond acceptors (Lipinski definition) is 3. The third-order valence-corrected chi connectivity index (χ3v) is 5.29. The number of anilines is 1. The highest BCUT2D eigenvalue weighted by molar-refractivity contribution is 5.40. The summed E-state index contributed by atoms with van der Waals surface area (Å²) in [5.74, 6) is 1.18. The molecule has 0 aliphatic carbocycles. The van der Waals surface area contributed by atoms with Crippen LogP contribution in [-0.4, -0.2) is 35.6 Å². The summed E-state index contributed by atoms with van der Waals surface area (Å²) in [7, 11) is 0. The number of rotatable bonds is 3. The summed E-state index contributed by atoms with van der Waals surface area (Å²) in [6.45, 7) is 8.21. The summed E-state index contributed by atoms with van der Waals surface area (Å²) < 4.78 is 0. The first-order valence-corrected chi connectivity index (χ1v) is 9.22. The summed E-state index contributed by atoms with van der Waals surface area (Å²) in [5, 5.41) is 0. The molecule has 0 radical (unpaired) electrons. The number of aromatic nitrogens is 1. The maximum atomic E-state index is 4.81. The van der Waals surface area contributed by atoms with Gasteiger partial charge in [-0.15, -0.1) is 0 Å². The zero-order valence-corrected chi connectivity index (χ0v) is 14.3. The topological polar surface area (TPSA) is 19.4 Å². The van der Waals surface area contributed by atoms with E-state index in [1.807, 2.05) is 0 Å². The Hall–Kier alpha value is -1.09. The van der Waals surface area contributed by atoms with Gasteiger partial charge in [-0.25, -0.2) is 4.98 Å². The van der Waals surface area contributed by atoms with Crippen LogP contribution in [0.25, 0.3) is 0 Å². The Labute approximate surface area is 135 Å². The van der Waals surface area contributed by atoms with Crippen LogP contribution in [0.2, 0.25) is 0 Å². The van der Waals surface area contributed by atoms with Gasteiger partial charge in [0.25, 0.3) is 0 Å². The molecule has 22 heavy (non-hydrogen) atoms. The molecule has 0 spiro atoms. The first kappa shape index (κ1) is 15.8. The molecule has 2 aliphatic heterocycles. The molecule has 0 bridgehead atoms. The van der Waals surface area contributed by atoms with E-state index in [4.69, 9.17) is 4.98 Å². The lowest BCUT2D eigenvalue weighted by Gasteiger charge is -2.38. The normalized spacial score (nSPS) is 24.5. The fourth-order valence-electron chi connectivity index (χ4n) is 4.01. The van der Waals surface area contributed by atoms with Crippen molar-refractivity contribution in [2.75, 3.05) is 24.5 Å². The van der Waals surface area contributed by atoms with Gasteiger partial charge in [0.1, 0.15) is 5.82 Å². The monoisotopic (exact) mass is 301 g/mol. The van der Waals surface area contributed by atoms with Crippen molar-refractivity contribution in [2.24, 2.45) is 0 Å². The quantitative estimate of drug-likeness (QED) is 0.825. The first-order valence-electron chi connectivity index (χ1n) is 9.22. The molecule has 3 rings (SSSR count). The molecule has 0 unspecified atom stereocenters. The summed E-state index contributed by atoms with van der Waals surface area (Å²) in [6.07, 6.45) is 11.5. The molecule has 3 nitrogen and oxygen atoms in total.